The van der Waals surface area contributed by atoms with E-state index in [-0.39, 0.29) is 41.5 Å². The van der Waals surface area contributed by atoms with Gasteiger partial charge in [-0.1, -0.05) is 65.4 Å². The number of thiazole rings is 1. The lowest BCUT2D eigenvalue weighted by Gasteiger charge is -2.20. The van der Waals surface area contributed by atoms with E-state index < -0.39 is 15.7 Å². The number of aromatic nitrogens is 1. The Kier molecular flexibility index (Phi) is 6.85. The van der Waals surface area contributed by atoms with Gasteiger partial charge >= 0.3 is 0 Å². The van der Waals surface area contributed by atoms with Crippen molar-refractivity contribution in [3.63, 3.8) is 0 Å². The zero-order valence-corrected chi connectivity index (χ0v) is 19.7. The highest BCUT2D eigenvalue weighted by Crippen LogP contribution is 2.31. The minimum Gasteiger partial charge on any atom is -0.284 e. The first-order chi connectivity index (χ1) is 15.8. The third-order valence-corrected chi connectivity index (χ3v) is 8.12. The monoisotopic (exact) mass is 482 g/mol. The summed E-state index contributed by atoms with van der Waals surface area (Å²) < 4.78 is 40.1. The number of carbonyl (C=O) groups is 1. The summed E-state index contributed by atoms with van der Waals surface area (Å²) in [6, 6.07) is 20.8. The van der Waals surface area contributed by atoms with Gasteiger partial charge in [0.1, 0.15) is 11.3 Å². The molecule has 1 amide bonds. The zero-order valence-electron chi connectivity index (χ0n) is 18.1. The molecule has 8 heteroatoms. The number of fused-ring (bicyclic) bond motifs is 1. The van der Waals surface area contributed by atoms with Crippen molar-refractivity contribution in [2.75, 3.05) is 10.7 Å². The SMILES string of the molecule is Cc1ccc(S(=O)(=O)CCCC(=O)N(Cc2ccccc2)c2nc3c(F)cccc3s2)cc1. The smallest absolute Gasteiger partial charge is 0.229 e. The van der Waals surface area contributed by atoms with E-state index in [2.05, 4.69) is 4.98 Å². The van der Waals surface area contributed by atoms with Crippen LogP contribution in [-0.4, -0.2) is 25.1 Å². The lowest BCUT2D eigenvalue weighted by Crippen LogP contribution is -2.30. The van der Waals surface area contributed by atoms with Crippen molar-refractivity contribution < 1.29 is 17.6 Å². The van der Waals surface area contributed by atoms with Crippen LogP contribution in [0.1, 0.15) is 24.0 Å². The number of nitrogens with zero attached hydrogens (tertiary/aromatic N) is 2. The largest absolute Gasteiger partial charge is 0.284 e. The highest BCUT2D eigenvalue weighted by molar-refractivity contribution is 7.91. The molecule has 0 saturated carbocycles. The van der Waals surface area contributed by atoms with Gasteiger partial charge in [-0.25, -0.2) is 17.8 Å². The molecule has 0 radical (unpaired) electrons. The summed E-state index contributed by atoms with van der Waals surface area (Å²) in [5.41, 5.74) is 2.11. The number of halogens is 1. The molecule has 0 spiro atoms. The van der Waals surface area contributed by atoms with Crippen LogP contribution in [-0.2, 0) is 21.2 Å². The van der Waals surface area contributed by atoms with Crippen LogP contribution in [0.15, 0.2) is 77.7 Å². The van der Waals surface area contributed by atoms with Gasteiger partial charge in [0, 0.05) is 6.42 Å². The van der Waals surface area contributed by atoms with Crippen LogP contribution < -0.4 is 4.90 Å². The van der Waals surface area contributed by atoms with E-state index in [0.29, 0.717) is 9.83 Å². The van der Waals surface area contributed by atoms with Gasteiger partial charge in [-0.05, 0) is 43.2 Å². The number of rotatable bonds is 8. The van der Waals surface area contributed by atoms with Crippen molar-refractivity contribution in [1.82, 2.24) is 4.98 Å². The van der Waals surface area contributed by atoms with Gasteiger partial charge in [0.15, 0.2) is 15.0 Å². The number of hydrogen-bond donors (Lipinski definition) is 0. The Balaban J connectivity index is 1.53. The van der Waals surface area contributed by atoms with E-state index in [1.807, 2.05) is 37.3 Å². The first-order valence-electron chi connectivity index (χ1n) is 10.5. The number of carbonyl (C=O) groups excluding carboxylic acids is 1. The maximum absolute atomic E-state index is 14.2. The number of hydrogen-bond acceptors (Lipinski definition) is 5. The second kappa shape index (κ2) is 9.80. The molecule has 0 aliphatic heterocycles. The van der Waals surface area contributed by atoms with E-state index >= 15 is 0 Å². The summed E-state index contributed by atoms with van der Waals surface area (Å²) in [6.07, 6.45) is 0.218. The van der Waals surface area contributed by atoms with Gasteiger partial charge in [0.25, 0.3) is 0 Å². The third kappa shape index (κ3) is 5.46. The molecular formula is C25H23FN2O3S2. The average molecular weight is 483 g/mol. The van der Waals surface area contributed by atoms with E-state index in [4.69, 9.17) is 0 Å². The molecule has 0 aliphatic rings. The molecule has 4 rings (SSSR count). The Morgan fingerprint density at radius 2 is 1.73 bits per heavy atom. The van der Waals surface area contributed by atoms with Crippen molar-refractivity contribution in [2.45, 2.75) is 31.2 Å². The van der Waals surface area contributed by atoms with Crippen LogP contribution in [0.25, 0.3) is 10.2 Å². The summed E-state index contributed by atoms with van der Waals surface area (Å²) in [5, 5.41) is 0.394. The molecule has 4 aromatic rings. The molecule has 3 aromatic carbocycles. The van der Waals surface area contributed by atoms with Gasteiger partial charge in [-0.15, -0.1) is 0 Å². The second-order valence-electron chi connectivity index (χ2n) is 7.78. The predicted octanol–water partition coefficient (Wildman–Crippen LogP) is 5.53. The quantitative estimate of drug-likeness (QED) is 0.331. The predicted molar refractivity (Wildman–Crippen MR) is 130 cm³/mol. The molecule has 0 saturated heterocycles. The normalized spacial score (nSPS) is 11.6. The molecule has 1 heterocycles. The number of aryl methyl sites for hydroxylation is 1. The van der Waals surface area contributed by atoms with E-state index in [9.17, 15) is 17.6 Å². The Bertz CT molecular complexity index is 1370. The van der Waals surface area contributed by atoms with Crippen LogP contribution in [0, 0.1) is 12.7 Å². The first kappa shape index (κ1) is 23.1. The number of anilines is 1. The summed E-state index contributed by atoms with van der Waals surface area (Å²) in [4.78, 5) is 19.3. The van der Waals surface area contributed by atoms with Crippen LogP contribution in [0.2, 0.25) is 0 Å². The van der Waals surface area contributed by atoms with Crippen molar-refractivity contribution in [3.05, 3.63) is 89.7 Å². The lowest BCUT2D eigenvalue weighted by molar-refractivity contribution is -0.118. The van der Waals surface area contributed by atoms with Crippen molar-refractivity contribution in [2.24, 2.45) is 0 Å². The summed E-state index contributed by atoms with van der Waals surface area (Å²) in [7, 11) is -3.48. The molecule has 5 nitrogen and oxygen atoms in total. The molecule has 0 atom stereocenters. The van der Waals surface area contributed by atoms with Gasteiger partial charge in [0.05, 0.1) is 21.9 Å². The standard InChI is InChI=1S/C25H23FN2O3S2/c1-18-12-14-20(15-13-18)33(30,31)16-6-11-23(29)28(17-19-7-3-2-4-8-19)25-27-24-21(26)9-5-10-22(24)32-25/h2-5,7-10,12-15H,6,11,16-17H2,1H3. The molecule has 0 bridgehead atoms. The molecule has 170 valence electrons. The maximum atomic E-state index is 14.2. The summed E-state index contributed by atoms with van der Waals surface area (Å²) >= 11 is 1.24. The number of amides is 1. The minimum atomic E-state index is -3.48. The molecule has 33 heavy (non-hydrogen) atoms. The lowest BCUT2D eigenvalue weighted by atomic mass is 10.2. The van der Waals surface area contributed by atoms with Gasteiger partial charge in [-0.2, -0.15) is 0 Å². The molecule has 0 aliphatic carbocycles. The number of benzene rings is 3. The molecule has 0 N–H and O–H groups in total. The third-order valence-electron chi connectivity index (χ3n) is 5.26. The number of sulfone groups is 1. The maximum Gasteiger partial charge on any atom is 0.229 e. The molecule has 0 fully saturated rings. The highest BCUT2D eigenvalue weighted by atomic mass is 32.2. The van der Waals surface area contributed by atoms with E-state index in [1.165, 1.54) is 22.3 Å². The van der Waals surface area contributed by atoms with Crippen LogP contribution in [0.3, 0.4) is 0 Å². The van der Waals surface area contributed by atoms with Crippen LogP contribution in [0.5, 0.6) is 0 Å². The van der Waals surface area contributed by atoms with Crippen molar-refractivity contribution in [3.8, 4) is 0 Å². The number of para-hydroxylation sites is 1. The average Bonchev–Trinajstić information content (AvgIpc) is 3.23. The van der Waals surface area contributed by atoms with Crippen LogP contribution in [0.4, 0.5) is 9.52 Å². The Morgan fingerprint density at radius 1 is 1.00 bits per heavy atom. The first-order valence-corrected chi connectivity index (χ1v) is 13.0. The highest BCUT2D eigenvalue weighted by Gasteiger charge is 2.22. The molecular weight excluding hydrogens is 459 g/mol. The fourth-order valence-electron chi connectivity index (χ4n) is 3.46. The Labute approximate surface area is 196 Å². The minimum absolute atomic E-state index is 0.0380. The topological polar surface area (TPSA) is 67.3 Å². The molecule has 0 unspecified atom stereocenters. The van der Waals surface area contributed by atoms with Gasteiger partial charge in [0.2, 0.25) is 5.91 Å². The van der Waals surface area contributed by atoms with Gasteiger partial charge < -0.3 is 0 Å². The van der Waals surface area contributed by atoms with Crippen molar-refractivity contribution >= 4 is 42.4 Å². The Morgan fingerprint density at radius 3 is 2.42 bits per heavy atom. The summed E-state index contributed by atoms with van der Waals surface area (Å²) in [5.74, 6) is -0.821. The van der Waals surface area contributed by atoms with E-state index in [0.717, 1.165) is 11.1 Å². The fraction of sp³-hybridized carbons (Fsp3) is 0.200. The molecule has 1 aromatic heterocycles. The Hall–Kier alpha value is -3.10. The van der Waals surface area contributed by atoms with Gasteiger partial charge in [-0.3, -0.25) is 9.69 Å². The van der Waals surface area contributed by atoms with Crippen LogP contribution >= 0.6 is 11.3 Å². The zero-order chi connectivity index (χ0) is 23.4. The summed E-state index contributed by atoms with van der Waals surface area (Å²) in [6.45, 7) is 2.16. The second-order valence-corrected chi connectivity index (χ2v) is 10.9. The van der Waals surface area contributed by atoms with Crippen molar-refractivity contribution in [1.29, 1.82) is 0 Å². The van der Waals surface area contributed by atoms with E-state index in [1.54, 1.807) is 36.4 Å². The fourth-order valence-corrected chi connectivity index (χ4v) is 5.77.